The second-order valence-electron chi connectivity index (χ2n) is 5.08. The number of nitrogens with zero attached hydrogens (tertiary/aromatic N) is 2. The van der Waals surface area contributed by atoms with Gasteiger partial charge < -0.3 is 15.1 Å². The SMILES string of the molecule is O=C(c1cncc(C#CCO)c1)N1CCCCC1CCO. The van der Waals surface area contributed by atoms with Crippen LogP contribution in [0.2, 0.25) is 0 Å². The van der Waals surface area contributed by atoms with Gasteiger partial charge in [0.05, 0.1) is 5.56 Å². The molecule has 1 fully saturated rings. The average Bonchev–Trinajstić information content (AvgIpc) is 2.53. The highest BCUT2D eigenvalue weighted by molar-refractivity contribution is 5.94. The zero-order chi connectivity index (χ0) is 15.1. The third-order valence-electron chi connectivity index (χ3n) is 3.65. The highest BCUT2D eigenvalue weighted by atomic mass is 16.3. The minimum absolute atomic E-state index is 0.0618. The van der Waals surface area contributed by atoms with Crippen LogP contribution >= 0.6 is 0 Å². The normalized spacial score (nSPS) is 18.0. The van der Waals surface area contributed by atoms with Crippen LogP contribution in [-0.2, 0) is 0 Å². The number of hydrogen-bond donors (Lipinski definition) is 2. The topological polar surface area (TPSA) is 73.7 Å². The van der Waals surface area contributed by atoms with Crippen molar-refractivity contribution < 1.29 is 15.0 Å². The lowest BCUT2D eigenvalue weighted by Gasteiger charge is -2.35. The molecule has 2 rings (SSSR count). The largest absolute Gasteiger partial charge is 0.396 e. The number of aliphatic hydroxyl groups excluding tert-OH is 2. The maximum atomic E-state index is 12.6. The molecule has 0 aliphatic carbocycles. The van der Waals surface area contributed by atoms with E-state index in [4.69, 9.17) is 10.2 Å². The molecule has 1 aromatic rings. The Hall–Kier alpha value is -1.90. The van der Waals surface area contributed by atoms with E-state index < -0.39 is 0 Å². The number of aliphatic hydroxyl groups is 2. The van der Waals surface area contributed by atoms with Crippen LogP contribution in [0, 0.1) is 11.8 Å². The maximum Gasteiger partial charge on any atom is 0.255 e. The number of aromatic nitrogens is 1. The van der Waals surface area contributed by atoms with Gasteiger partial charge in [0.25, 0.3) is 5.91 Å². The van der Waals surface area contributed by atoms with E-state index in [1.807, 2.05) is 4.90 Å². The molecule has 1 saturated heterocycles. The van der Waals surface area contributed by atoms with Gasteiger partial charge in [0.15, 0.2) is 0 Å². The number of likely N-dealkylation sites (tertiary alicyclic amines) is 1. The monoisotopic (exact) mass is 288 g/mol. The van der Waals surface area contributed by atoms with Crippen molar-refractivity contribution in [3.63, 3.8) is 0 Å². The standard InChI is InChI=1S/C16H20N2O3/c19-8-3-4-13-10-14(12-17-11-13)16(21)18-7-2-1-5-15(18)6-9-20/h10-12,15,19-20H,1-2,5-9H2. The van der Waals surface area contributed by atoms with Gasteiger partial charge in [0.2, 0.25) is 0 Å². The molecule has 0 saturated carbocycles. The molecule has 1 aliphatic rings. The van der Waals surface area contributed by atoms with Crippen LogP contribution in [0.15, 0.2) is 18.5 Å². The Bertz CT molecular complexity index is 546. The van der Waals surface area contributed by atoms with E-state index in [0.29, 0.717) is 17.5 Å². The van der Waals surface area contributed by atoms with Crippen LogP contribution in [0.3, 0.4) is 0 Å². The fraction of sp³-hybridized carbons (Fsp3) is 0.500. The van der Waals surface area contributed by atoms with E-state index in [2.05, 4.69) is 16.8 Å². The van der Waals surface area contributed by atoms with E-state index >= 15 is 0 Å². The zero-order valence-corrected chi connectivity index (χ0v) is 12.0. The predicted octanol–water partition coefficient (Wildman–Crippen LogP) is 0.802. The smallest absolute Gasteiger partial charge is 0.255 e. The number of hydrogen-bond acceptors (Lipinski definition) is 4. The molecule has 0 spiro atoms. The summed E-state index contributed by atoms with van der Waals surface area (Å²) in [5.41, 5.74) is 1.12. The van der Waals surface area contributed by atoms with Gasteiger partial charge in [0, 0.05) is 37.2 Å². The summed E-state index contributed by atoms with van der Waals surface area (Å²) in [4.78, 5) is 18.5. The van der Waals surface area contributed by atoms with Gasteiger partial charge in [-0.3, -0.25) is 9.78 Å². The molecule has 1 aromatic heterocycles. The molecular weight excluding hydrogens is 268 g/mol. The number of carbonyl (C=O) groups excluding carboxylic acids is 1. The molecule has 1 atom stereocenters. The Kier molecular flexibility index (Phi) is 5.73. The summed E-state index contributed by atoms with van der Waals surface area (Å²) in [6.45, 7) is 0.591. The second-order valence-corrected chi connectivity index (χ2v) is 5.08. The van der Waals surface area contributed by atoms with Crippen molar-refractivity contribution in [2.45, 2.75) is 31.7 Å². The summed E-state index contributed by atoms with van der Waals surface area (Å²) >= 11 is 0. The van der Waals surface area contributed by atoms with Gasteiger partial charge in [0.1, 0.15) is 6.61 Å². The van der Waals surface area contributed by atoms with Crippen molar-refractivity contribution in [2.24, 2.45) is 0 Å². The summed E-state index contributed by atoms with van der Waals surface area (Å²) in [7, 11) is 0. The Balaban J connectivity index is 2.17. The summed E-state index contributed by atoms with van der Waals surface area (Å²) in [6.07, 6.45) is 6.74. The number of rotatable bonds is 3. The van der Waals surface area contributed by atoms with Crippen molar-refractivity contribution >= 4 is 5.91 Å². The molecule has 21 heavy (non-hydrogen) atoms. The Morgan fingerprint density at radius 1 is 1.38 bits per heavy atom. The highest BCUT2D eigenvalue weighted by Gasteiger charge is 2.27. The molecule has 1 amide bonds. The minimum atomic E-state index is -0.219. The van der Waals surface area contributed by atoms with Crippen LogP contribution < -0.4 is 0 Å². The first-order chi connectivity index (χ1) is 10.3. The quantitative estimate of drug-likeness (QED) is 0.807. The van der Waals surface area contributed by atoms with Crippen LogP contribution in [0.1, 0.15) is 41.6 Å². The fourth-order valence-corrected chi connectivity index (χ4v) is 2.65. The lowest BCUT2D eigenvalue weighted by molar-refractivity contribution is 0.0574. The van der Waals surface area contributed by atoms with Gasteiger partial charge >= 0.3 is 0 Å². The van der Waals surface area contributed by atoms with Gasteiger partial charge in [-0.1, -0.05) is 11.8 Å². The van der Waals surface area contributed by atoms with Crippen LogP contribution in [0.4, 0.5) is 0 Å². The molecule has 1 unspecified atom stereocenters. The summed E-state index contributed by atoms with van der Waals surface area (Å²) < 4.78 is 0. The van der Waals surface area contributed by atoms with E-state index in [1.165, 1.54) is 6.20 Å². The summed E-state index contributed by atoms with van der Waals surface area (Å²) in [5.74, 6) is 5.24. The Morgan fingerprint density at radius 3 is 3.00 bits per heavy atom. The fourth-order valence-electron chi connectivity index (χ4n) is 2.65. The number of piperidine rings is 1. The van der Waals surface area contributed by atoms with E-state index in [9.17, 15) is 4.79 Å². The van der Waals surface area contributed by atoms with Gasteiger partial charge in [-0.25, -0.2) is 0 Å². The van der Waals surface area contributed by atoms with Crippen molar-refractivity contribution in [1.29, 1.82) is 0 Å². The molecule has 2 heterocycles. The molecular formula is C16H20N2O3. The van der Waals surface area contributed by atoms with Crippen molar-refractivity contribution in [3.05, 3.63) is 29.6 Å². The van der Waals surface area contributed by atoms with E-state index in [0.717, 1.165) is 25.8 Å². The summed E-state index contributed by atoms with van der Waals surface area (Å²) in [6, 6.07) is 1.80. The molecule has 0 aromatic carbocycles. The highest BCUT2D eigenvalue weighted by Crippen LogP contribution is 2.21. The van der Waals surface area contributed by atoms with Crippen LogP contribution in [-0.4, -0.2) is 51.8 Å². The summed E-state index contributed by atoms with van der Waals surface area (Å²) in [5, 5.41) is 17.8. The molecule has 2 N–H and O–H groups in total. The lowest BCUT2D eigenvalue weighted by Crippen LogP contribution is -2.44. The van der Waals surface area contributed by atoms with E-state index in [-0.39, 0.29) is 25.2 Å². The number of amides is 1. The van der Waals surface area contributed by atoms with E-state index in [1.54, 1.807) is 12.3 Å². The predicted molar refractivity (Wildman–Crippen MR) is 78.6 cm³/mol. The molecule has 0 bridgehead atoms. The second kappa shape index (κ2) is 7.77. The Labute approximate surface area is 124 Å². The van der Waals surface area contributed by atoms with Gasteiger partial charge in [-0.2, -0.15) is 0 Å². The van der Waals surface area contributed by atoms with Crippen molar-refractivity contribution in [3.8, 4) is 11.8 Å². The zero-order valence-electron chi connectivity index (χ0n) is 12.0. The first-order valence-corrected chi connectivity index (χ1v) is 7.23. The minimum Gasteiger partial charge on any atom is -0.396 e. The number of pyridine rings is 1. The van der Waals surface area contributed by atoms with Crippen molar-refractivity contribution in [2.75, 3.05) is 19.8 Å². The van der Waals surface area contributed by atoms with Crippen molar-refractivity contribution in [1.82, 2.24) is 9.88 Å². The Morgan fingerprint density at radius 2 is 2.24 bits per heavy atom. The first-order valence-electron chi connectivity index (χ1n) is 7.23. The van der Waals surface area contributed by atoms with Crippen LogP contribution in [0.25, 0.3) is 0 Å². The molecule has 5 heteroatoms. The third kappa shape index (κ3) is 4.03. The molecule has 112 valence electrons. The third-order valence-corrected chi connectivity index (χ3v) is 3.65. The molecule has 5 nitrogen and oxygen atoms in total. The number of carbonyl (C=O) groups is 1. The lowest BCUT2D eigenvalue weighted by atomic mass is 9.98. The average molecular weight is 288 g/mol. The molecule has 0 radical (unpaired) electrons. The first kappa shape index (κ1) is 15.5. The van der Waals surface area contributed by atoms with Crippen LogP contribution in [0.5, 0.6) is 0 Å². The van der Waals surface area contributed by atoms with Gasteiger partial charge in [-0.05, 0) is 31.7 Å². The molecule has 1 aliphatic heterocycles. The maximum absolute atomic E-state index is 12.6. The van der Waals surface area contributed by atoms with Gasteiger partial charge in [-0.15, -0.1) is 0 Å².